The van der Waals surface area contributed by atoms with Crippen LogP contribution >= 0.6 is 0 Å². The molecule has 0 aliphatic heterocycles. The van der Waals surface area contributed by atoms with Crippen LogP contribution in [0.3, 0.4) is 0 Å². The fourth-order valence-electron chi connectivity index (χ4n) is 3.27. The number of carboxylic acids is 1. The minimum atomic E-state index is -0.702. The van der Waals surface area contributed by atoms with Gasteiger partial charge in [0.1, 0.15) is 5.54 Å². The molecule has 1 fully saturated rings. The van der Waals surface area contributed by atoms with Crippen molar-refractivity contribution in [2.75, 3.05) is 20.1 Å². The van der Waals surface area contributed by atoms with Gasteiger partial charge in [0.2, 0.25) is 0 Å². The summed E-state index contributed by atoms with van der Waals surface area (Å²) >= 11 is 0. The van der Waals surface area contributed by atoms with Crippen LogP contribution in [0.4, 0.5) is 0 Å². The minimum Gasteiger partial charge on any atom is -0.480 e. The molecule has 112 valence electrons. The van der Waals surface area contributed by atoms with E-state index in [1.54, 1.807) is 7.05 Å². The summed E-state index contributed by atoms with van der Waals surface area (Å²) in [6.45, 7) is 8.79. The highest BCUT2D eigenvalue weighted by Crippen LogP contribution is 2.33. The van der Waals surface area contributed by atoms with E-state index < -0.39 is 11.5 Å². The highest BCUT2D eigenvalue weighted by atomic mass is 16.4. The van der Waals surface area contributed by atoms with Gasteiger partial charge in [-0.2, -0.15) is 0 Å². The molecule has 19 heavy (non-hydrogen) atoms. The van der Waals surface area contributed by atoms with Crippen LogP contribution < -0.4 is 5.32 Å². The first-order chi connectivity index (χ1) is 9.02. The van der Waals surface area contributed by atoms with Crippen LogP contribution in [0.1, 0.15) is 52.9 Å². The first-order valence-corrected chi connectivity index (χ1v) is 7.69. The van der Waals surface area contributed by atoms with Gasteiger partial charge in [-0.25, -0.2) is 0 Å². The lowest BCUT2D eigenvalue weighted by Crippen LogP contribution is -2.49. The highest BCUT2D eigenvalue weighted by Gasteiger charge is 2.45. The molecule has 4 heteroatoms. The molecular formula is C15H30N2O2. The van der Waals surface area contributed by atoms with E-state index in [0.29, 0.717) is 6.04 Å². The second kappa shape index (κ2) is 7.25. The Hall–Kier alpha value is -0.610. The van der Waals surface area contributed by atoms with Gasteiger partial charge in [0.05, 0.1) is 0 Å². The van der Waals surface area contributed by atoms with Crippen molar-refractivity contribution in [3.8, 4) is 0 Å². The predicted octanol–water partition coefficient (Wildman–Crippen LogP) is 2.34. The molecule has 0 saturated heterocycles. The highest BCUT2D eigenvalue weighted by molar-refractivity contribution is 5.79. The number of carboxylic acid groups (broad SMARTS) is 1. The number of hydrogen-bond donors (Lipinski definition) is 2. The monoisotopic (exact) mass is 270 g/mol. The van der Waals surface area contributed by atoms with E-state index in [9.17, 15) is 9.90 Å². The second-order valence-electron chi connectivity index (χ2n) is 5.80. The Morgan fingerprint density at radius 2 is 2.05 bits per heavy atom. The number of hydrogen-bond acceptors (Lipinski definition) is 3. The smallest absolute Gasteiger partial charge is 0.323 e. The lowest BCUT2D eigenvalue weighted by atomic mass is 9.97. The van der Waals surface area contributed by atoms with Crippen molar-refractivity contribution in [2.45, 2.75) is 64.5 Å². The summed E-state index contributed by atoms with van der Waals surface area (Å²) in [5.41, 5.74) is -0.702. The molecule has 0 aromatic rings. The summed E-state index contributed by atoms with van der Waals surface area (Å²) in [4.78, 5) is 14.0. The van der Waals surface area contributed by atoms with Crippen LogP contribution in [0, 0.1) is 5.92 Å². The van der Waals surface area contributed by atoms with Crippen molar-refractivity contribution in [1.29, 1.82) is 0 Å². The fourth-order valence-corrected chi connectivity index (χ4v) is 3.27. The first-order valence-electron chi connectivity index (χ1n) is 7.69. The Kier molecular flexibility index (Phi) is 6.27. The molecule has 1 aliphatic carbocycles. The van der Waals surface area contributed by atoms with Gasteiger partial charge in [0.25, 0.3) is 0 Å². The van der Waals surface area contributed by atoms with E-state index in [0.717, 1.165) is 38.3 Å². The Labute approximate surface area is 117 Å². The number of aliphatic carboxylic acids is 1. The maximum absolute atomic E-state index is 11.5. The molecule has 1 rings (SSSR count). The molecule has 2 atom stereocenters. The number of nitrogens with one attached hydrogen (secondary N) is 1. The van der Waals surface area contributed by atoms with E-state index in [1.165, 1.54) is 12.8 Å². The van der Waals surface area contributed by atoms with Crippen molar-refractivity contribution in [3.63, 3.8) is 0 Å². The molecular weight excluding hydrogens is 240 g/mol. The zero-order chi connectivity index (χ0) is 14.5. The van der Waals surface area contributed by atoms with Gasteiger partial charge in [-0.15, -0.1) is 0 Å². The third-order valence-corrected chi connectivity index (χ3v) is 4.95. The summed E-state index contributed by atoms with van der Waals surface area (Å²) in [5.74, 6) is 0.0328. The van der Waals surface area contributed by atoms with E-state index in [1.807, 2.05) is 0 Å². The molecule has 1 aliphatic rings. The van der Waals surface area contributed by atoms with E-state index >= 15 is 0 Å². The number of rotatable bonds is 8. The summed E-state index contributed by atoms with van der Waals surface area (Å²) in [5, 5.41) is 12.5. The van der Waals surface area contributed by atoms with Crippen LogP contribution in [0.25, 0.3) is 0 Å². The number of likely N-dealkylation sites (N-methyl/N-ethyl adjacent to an activating group) is 1. The van der Waals surface area contributed by atoms with E-state index in [2.05, 4.69) is 31.0 Å². The minimum absolute atomic E-state index is 0.411. The van der Waals surface area contributed by atoms with Crippen LogP contribution in [0.5, 0.6) is 0 Å². The van der Waals surface area contributed by atoms with Crippen molar-refractivity contribution in [3.05, 3.63) is 0 Å². The molecule has 4 nitrogen and oxygen atoms in total. The molecule has 0 spiro atoms. The quantitative estimate of drug-likeness (QED) is 0.711. The van der Waals surface area contributed by atoms with E-state index in [4.69, 9.17) is 0 Å². The standard InChI is InChI=1S/C15H30N2O2/c1-5-12(6-2)11-17(7-3)13-8-9-15(10-13,16-4)14(18)19/h12-13,16H,5-11H2,1-4H3,(H,18,19). The third kappa shape index (κ3) is 3.69. The average molecular weight is 270 g/mol. The van der Waals surface area contributed by atoms with Crippen LogP contribution in [0.2, 0.25) is 0 Å². The summed E-state index contributed by atoms with van der Waals surface area (Å²) in [6, 6.07) is 0.411. The van der Waals surface area contributed by atoms with Crippen molar-refractivity contribution in [2.24, 2.45) is 5.92 Å². The van der Waals surface area contributed by atoms with Gasteiger partial charge in [0.15, 0.2) is 0 Å². The Morgan fingerprint density at radius 1 is 1.42 bits per heavy atom. The Morgan fingerprint density at radius 3 is 2.42 bits per heavy atom. The van der Waals surface area contributed by atoms with Crippen molar-refractivity contribution in [1.82, 2.24) is 10.2 Å². The molecule has 1 saturated carbocycles. The molecule has 0 bridgehead atoms. The Balaban J connectivity index is 2.67. The number of carbonyl (C=O) groups is 1. The van der Waals surface area contributed by atoms with Gasteiger partial charge in [-0.3, -0.25) is 4.79 Å². The summed E-state index contributed by atoms with van der Waals surface area (Å²) in [7, 11) is 1.77. The summed E-state index contributed by atoms with van der Waals surface area (Å²) < 4.78 is 0. The molecule has 0 heterocycles. The first kappa shape index (κ1) is 16.4. The maximum atomic E-state index is 11.5. The van der Waals surface area contributed by atoms with Gasteiger partial charge >= 0.3 is 5.97 Å². The largest absolute Gasteiger partial charge is 0.480 e. The maximum Gasteiger partial charge on any atom is 0.323 e. The lowest BCUT2D eigenvalue weighted by molar-refractivity contribution is -0.144. The zero-order valence-electron chi connectivity index (χ0n) is 12.9. The Bertz CT molecular complexity index is 292. The second-order valence-corrected chi connectivity index (χ2v) is 5.80. The van der Waals surface area contributed by atoms with Gasteiger partial charge < -0.3 is 15.3 Å². The van der Waals surface area contributed by atoms with Gasteiger partial charge in [-0.1, -0.05) is 33.6 Å². The molecule has 0 aromatic heterocycles. The van der Waals surface area contributed by atoms with Crippen molar-refractivity contribution < 1.29 is 9.90 Å². The molecule has 2 N–H and O–H groups in total. The normalized spacial score (nSPS) is 27.4. The van der Waals surface area contributed by atoms with Crippen LogP contribution in [-0.2, 0) is 4.79 Å². The predicted molar refractivity (Wildman–Crippen MR) is 78.4 cm³/mol. The molecule has 2 unspecified atom stereocenters. The van der Waals surface area contributed by atoms with E-state index in [-0.39, 0.29) is 0 Å². The third-order valence-electron chi connectivity index (χ3n) is 4.95. The summed E-state index contributed by atoms with van der Waals surface area (Å²) in [6.07, 6.45) is 4.86. The molecule has 0 aromatic carbocycles. The zero-order valence-corrected chi connectivity index (χ0v) is 12.9. The van der Waals surface area contributed by atoms with Crippen molar-refractivity contribution >= 4 is 5.97 Å². The fraction of sp³-hybridized carbons (Fsp3) is 0.933. The average Bonchev–Trinajstić information content (AvgIpc) is 2.86. The van der Waals surface area contributed by atoms with Gasteiger partial charge in [-0.05, 0) is 38.8 Å². The van der Waals surface area contributed by atoms with Gasteiger partial charge in [0, 0.05) is 12.6 Å². The molecule has 0 amide bonds. The lowest BCUT2D eigenvalue weighted by Gasteiger charge is -2.32. The topological polar surface area (TPSA) is 52.6 Å². The number of nitrogens with zero attached hydrogens (tertiary/aromatic N) is 1. The van der Waals surface area contributed by atoms with Crippen LogP contribution in [-0.4, -0.2) is 47.7 Å². The van der Waals surface area contributed by atoms with Crippen LogP contribution in [0.15, 0.2) is 0 Å². The molecule has 0 radical (unpaired) electrons. The SMILES string of the molecule is CCC(CC)CN(CC)C1CCC(NC)(C(=O)O)C1.